The zero-order valence-corrected chi connectivity index (χ0v) is 11.0. The van der Waals surface area contributed by atoms with Crippen molar-refractivity contribution in [3.63, 3.8) is 0 Å². The Morgan fingerprint density at radius 2 is 2.06 bits per heavy atom. The zero-order valence-electron chi connectivity index (χ0n) is 8.57. The summed E-state index contributed by atoms with van der Waals surface area (Å²) in [5, 5.41) is 9.81. The molecule has 1 aromatic carbocycles. The second-order valence-corrected chi connectivity index (χ2v) is 4.88. The van der Waals surface area contributed by atoms with Crippen LogP contribution in [0.3, 0.4) is 0 Å². The number of aliphatic hydroxyl groups is 1. The molecule has 5 heteroatoms. The molecule has 0 aromatic heterocycles. The smallest absolute Gasteiger partial charge is 0.137 e. The zero-order chi connectivity index (χ0) is 11.0. The van der Waals surface area contributed by atoms with E-state index in [9.17, 15) is 9.50 Å². The fourth-order valence-corrected chi connectivity index (χ4v) is 1.89. The van der Waals surface area contributed by atoms with Crippen molar-refractivity contribution >= 4 is 28.3 Å². The van der Waals surface area contributed by atoms with Crippen LogP contribution in [0.1, 0.15) is 24.4 Å². The Hall–Kier alpha value is -0.160. The molecule has 16 heavy (non-hydrogen) atoms. The highest BCUT2D eigenvalue weighted by Gasteiger charge is 2.34. The summed E-state index contributed by atoms with van der Waals surface area (Å²) in [5.74, 6) is -0.0438. The molecule has 0 amide bonds. The average molecular weight is 311 g/mol. The van der Waals surface area contributed by atoms with Gasteiger partial charge in [-0.2, -0.15) is 0 Å². The third kappa shape index (κ3) is 2.94. The van der Waals surface area contributed by atoms with Gasteiger partial charge in [0.05, 0.1) is 16.6 Å². The molecular weight excluding hydrogens is 296 g/mol. The molecular formula is C11H14BrClFNO. The minimum absolute atomic E-state index is 0. The Labute approximate surface area is 109 Å². The Kier molecular flexibility index (Phi) is 4.73. The molecule has 90 valence electrons. The Morgan fingerprint density at radius 1 is 1.44 bits per heavy atom. The van der Waals surface area contributed by atoms with Gasteiger partial charge in [-0.3, -0.25) is 0 Å². The minimum atomic E-state index is -0.550. The van der Waals surface area contributed by atoms with Crippen molar-refractivity contribution in [1.82, 2.24) is 0 Å². The van der Waals surface area contributed by atoms with E-state index in [1.54, 1.807) is 12.1 Å². The van der Waals surface area contributed by atoms with Crippen LogP contribution < -0.4 is 5.73 Å². The Balaban J connectivity index is 0.00000128. The summed E-state index contributed by atoms with van der Waals surface area (Å²) in [6.45, 7) is 0. The van der Waals surface area contributed by atoms with E-state index in [4.69, 9.17) is 5.73 Å². The summed E-state index contributed by atoms with van der Waals surface area (Å²) in [6, 6.07) is 4.24. The highest BCUT2D eigenvalue weighted by Crippen LogP contribution is 2.37. The van der Waals surface area contributed by atoms with Gasteiger partial charge in [0, 0.05) is 0 Å². The molecule has 2 rings (SSSR count). The van der Waals surface area contributed by atoms with E-state index in [1.807, 2.05) is 0 Å². The van der Waals surface area contributed by atoms with Crippen LogP contribution >= 0.6 is 28.3 Å². The average Bonchev–Trinajstić information content (AvgIpc) is 3.03. The van der Waals surface area contributed by atoms with Crippen molar-refractivity contribution in [2.75, 3.05) is 0 Å². The maximum absolute atomic E-state index is 13.2. The van der Waals surface area contributed by atoms with Crippen molar-refractivity contribution in [1.29, 1.82) is 0 Å². The lowest BCUT2D eigenvalue weighted by molar-refractivity contribution is 0.122. The van der Waals surface area contributed by atoms with Gasteiger partial charge in [0.1, 0.15) is 5.82 Å². The number of hydrogen-bond donors (Lipinski definition) is 2. The van der Waals surface area contributed by atoms with Crippen molar-refractivity contribution in [2.45, 2.75) is 25.0 Å². The van der Waals surface area contributed by atoms with Crippen molar-refractivity contribution in [2.24, 2.45) is 11.7 Å². The lowest BCUT2D eigenvalue weighted by Crippen LogP contribution is -2.27. The molecule has 0 heterocycles. The highest BCUT2D eigenvalue weighted by molar-refractivity contribution is 9.10. The van der Waals surface area contributed by atoms with Gasteiger partial charge in [-0.25, -0.2) is 4.39 Å². The number of halogens is 3. The molecule has 2 nitrogen and oxygen atoms in total. The standard InChI is InChI=1S/C11H13BrFNO.ClH/c12-8-4-3-7(5-9(8)13)10(14)11(15)6-1-2-6;/h3-6,10-11,15H,1-2,14H2;1H/t10-,11+;/m1./s1. The van der Waals surface area contributed by atoms with Crippen LogP contribution in [-0.4, -0.2) is 11.2 Å². The molecule has 0 saturated heterocycles. The van der Waals surface area contributed by atoms with E-state index in [0.29, 0.717) is 16.0 Å². The first-order chi connectivity index (χ1) is 7.09. The largest absolute Gasteiger partial charge is 0.391 e. The summed E-state index contributed by atoms with van der Waals surface area (Å²) in [6.07, 6.45) is 1.49. The lowest BCUT2D eigenvalue weighted by Gasteiger charge is -2.18. The van der Waals surface area contributed by atoms with Crippen molar-refractivity contribution in [3.8, 4) is 0 Å². The van der Waals surface area contributed by atoms with Gasteiger partial charge in [0.2, 0.25) is 0 Å². The molecule has 1 saturated carbocycles. The van der Waals surface area contributed by atoms with Gasteiger partial charge in [-0.15, -0.1) is 12.4 Å². The van der Waals surface area contributed by atoms with Gasteiger partial charge in [0.15, 0.2) is 0 Å². The molecule has 2 atom stereocenters. The molecule has 1 aliphatic carbocycles. The van der Waals surface area contributed by atoms with Crippen LogP contribution in [0.15, 0.2) is 22.7 Å². The van der Waals surface area contributed by atoms with E-state index in [2.05, 4.69) is 15.9 Å². The molecule has 0 bridgehead atoms. The summed E-state index contributed by atoms with van der Waals surface area (Å²) in [7, 11) is 0. The number of nitrogens with two attached hydrogens (primary N) is 1. The molecule has 0 unspecified atom stereocenters. The van der Waals surface area contributed by atoms with Crippen molar-refractivity contribution < 1.29 is 9.50 Å². The van der Waals surface area contributed by atoms with E-state index in [-0.39, 0.29) is 18.2 Å². The number of rotatable bonds is 3. The summed E-state index contributed by atoms with van der Waals surface area (Å²) in [5.41, 5.74) is 6.51. The lowest BCUT2D eigenvalue weighted by atomic mass is 9.99. The predicted octanol–water partition coefficient (Wildman–Crippen LogP) is 2.78. The molecule has 3 N–H and O–H groups in total. The first-order valence-corrected chi connectivity index (χ1v) is 5.77. The summed E-state index contributed by atoms with van der Waals surface area (Å²) in [4.78, 5) is 0. The summed E-state index contributed by atoms with van der Waals surface area (Å²) < 4.78 is 13.7. The molecule has 1 aromatic rings. The molecule has 0 spiro atoms. The maximum atomic E-state index is 13.2. The second kappa shape index (κ2) is 5.45. The van der Waals surface area contributed by atoms with Crippen LogP contribution in [-0.2, 0) is 0 Å². The van der Waals surface area contributed by atoms with Gasteiger partial charge in [0.25, 0.3) is 0 Å². The van der Waals surface area contributed by atoms with E-state index >= 15 is 0 Å². The van der Waals surface area contributed by atoms with E-state index in [0.717, 1.165) is 12.8 Å². The number of aliphatic hydroxyl groups excluding tert-OH is 1. The number of hydrogen-bond acceptors (Lipinski definition) is 2. The Morgan fingerprint density at radius 3 is 2.56 bits per heavy atom. The van der Waals surface area contributed by atoms with Crippen LogP contribution in [0.5, 0.6) is 0 Å². The molecule has 1 fully saturated rings. The molecule has 0 aliphatic heterocycles. The van der Waals surface area contributed by atoms with Gasteiger partial charge in [-0.1, -0.05) is 6.07 Å². The van der Waals surface area contributed by atoms with E-state index < -0.39 is 12.1 Å². The monoisotopic (exact) mass is 309 g/mol. The quantitative estimate of drug-likeness (QED) is 0.902. The van der Waals surface area contributed by atoms with Crippen LogP contribution in [0.4, 0.5) is 4.39 Å². The maximum Gasteiger partial charge on any atom is 0.137 e. The van der Waals surface area contributed by atoms with Crippen LogP contribution in [0, 0.1) is 11.7 Å². The third-order valence-corrected chi connectivity index (χ3v) is 3.44. The van der Waals surface area contributed by atoms with Gasteiger partial charge < -0.3 is 10.8 Å². The fraction of sp³-hybridized carbons (Fsp3) is 0.455. The molecule has 1 aliphatic rings. The van der Waals surface area contributed by atoms with Gasteiger partial charge in [-0.05, 0) is 52.4 Å². The summed E-state index contributed by atoms with van der Waals surface area (Å²) >= 11 is 3.08. The predicted molar refractivity (Wildman–Crippen MR) is 67.0 cm³/mol. The second-order valence-electron chi connectivity index (χ2n) is 4.03. The molecule has 0 radical (unpaired) electrons. The SMILES string of the molecule is Cl.N[C@H](c1ccc(Br)c(F)c1)[C@@H](O)C1CC1. The normalized spacial score (nSPS) is 18.8. The first kappa shape index (κ1) is 13.9. The minimum Gasteiger partial charge on any atom is -0.391 e. The van der Waals surface area contributed by atoms with Crippen molar-refractivity contribution in [3.05, 3.63) is 34.1 Å². The fourth-order valence-electron chi connectivity index (χ4n) is 1.65. The topological polar surface area (TPSA) is 46.2 Å². The van der Waals surface area contributed by atoms with Gasteiger partial charge >= 0.3 is 0 Å². The van der Waals surface area contributed by atoms with Crippen LogP contribution in [0.25, 0.3) is 0 Å². The van der Waals surface area contributed by atoms with Crippen LogP contribution in [0.2, 0.25) is 0 Å². The Bertz CT molecular complexity index is 373. The first-order valence-electron chi connectivity index (χ1n) is 4.98. The number of benzene rings is 1. The van der Waals surface area contributed by atoms with E-state index in [1.165, 1.54) is 6.07 Å². The highest BCUT2D eigenvalue weighted by atomic mass is 79.9. The third-order valence-electron chi connectivity index (χ3n) is 2.80.